The fourth-order valence-corrected chi connectivity index (χ4v) is 6.93. The molecule has 0 amide bonds. The van der Waals surface area contributed by atoms with Crippen LogP contribution in [0.4, 0.5) is 17.1 Å². The molecule has 0 atom stereocenters. The molecule has 0 unspecified atom stereocenters. The van der Waals surface area contributed by atoms with Gasteiger partial charge in [-0.2, -0.15) is 0 Å². The van der Waals surface area contributed by atoms with Crippen LogP contribution in [0.2, 0.25) is 0 Å². The second kappa shape index (κ2) is 7.72. The Morgan fingerprint density at radius 1 is 0.538 bits per heavy atom. The maximum atomic E-state index is 4.29. The molecular formula is C35H22BN3. The number of para-hydroxylation sites is 4. The van der Waals surface area contributed by atoms with Crippen molar-refractivity contribution in [1.82, 2.24) is 9.55 Å². The van der Waals surface area contributed by atoms with E-state index in [0.717, 1.165) is 0 Å². The lowest BCUT2D eigenvalue weighted by Gasteiger charge is -2.40. The van der Waals surface area contributed by atoms with E-state index in [1.165, 1.54) is 72.1 Å². The van der Waals surface area contributed by atoms with E-state index >= 15 is 0 Å². The van der Waals surface area contributed by atoms with Crippen molar-refractivity contribution in [2.24, 2.45) is 0 Å². The lowest BCUT2D eigenvalue weighted by Crippen LogP contribution is -2.60. The summed E-state index contributed by atoms with van der Waals surface area (Å²) < 4.78 is 2.51. The predicted molar refractivity (Wildman–Crippen MR) is 163 cm³/mol. The molecule has 39 heavy (non-hydrogen) atoms. The number of hydrogen-bond acceptors (Lipinski definition) is 2. The van der Waals surface area contributed by atoms with E-state index in [2.05, 4.69) is 136 Å². The Labute approximate surface area is 226 Å². The van der Waals surface area contributed by atoms with Crippen LogP contribution in [0.3, 0.4) is 0 Å². The number of pyridine rings is 1. The third-order valence-electron chi connectivity index (χ3n) is 8.46. The zero-order valence-electron chi connectivity index (χ0n) is 21.1. The van der Waals surface area contributed by atoms with Gasteiger partial charge in [0, 0.05) is 51.4 Å². The molecule has 2 aromatic heterocycles. The summed E-state index contributed by atoms with van der Waals surface area (Å²) in [5.41, 5.74) is 13.9. The largest absolute Gasteiger partial charge is 0.311 e. The summed E-state index contributed by atoms with van der Waals surface area (Å²) in [6.45, 7) is 0.151. The van der Waals surface area contributed by atoms with Crippen LogP contribution in [0.5, 0.6) is 0 Å². The second-order valence-electron chi connectivity index (χ2n) is 10.4. The van der Waals surface area contributed by atoms with Crippen LogP contribution in [-0.4, -0.2) is 16.3 Å². The van der Waals surface area contributed by atoms with Gasteiger partial charge in [-0.1, -0.05) is 72.8 Å². The predicted octanol–water partition coefficient (Wildman–Crippen LogP) is 6.46. The van der Waals surface area contributed by atoms with E-state index in [4.69, 9.17) is 0 Å². The van der Waals surface area contributed by atoms with Crippen LogP contribution in [0.25, 0.3) is 38.6 Å². The molecule has 4 heterocycles. The number of benzene rings is 5. The highest BCUT2D eigenvalue weighted by atomic mass is 15.2. The molecule has 5 aromatic carbocycles. The van der Waals surface area contributed by atoms with Gasteiger partial charge < -0.3 is 9.47 Å². The SMILES string of the molecule is c1ccc(N2c3ccccc3B3c4c2cc(-c2ccncc2)cc4-n2c4ccccc4c4cccc3c42)cc1. The first kappa shape index (κ1) is 20.9. The zero-order valence-corrected chi connectivity index (χ0v) is 21.1. The van der Waals surface area contributed by atoms with Gasteiger partial charge in [0.05, 0.1) is 5.52 Å². The van der Waals surface area contributed by atoms with Crippen molar-refractivity contribution in [3.63, 3.8) is 0 Å². The number of anilines is 3. The van der Waals surface area contributed by atoms with Crippen molar-refractivity contribution in [1.29, 1.82) is 0 Å². The topological polar surface area (TPSA) is 21.1 Å². The van der Waals surface area contributed by atoms with Gasteiger partial charge in [0.1, 0.15) is 0 Å². The van der Waals surface area contributed by atoms with Crippen LogP contribution >= 0.6 is 0 Å². The van der Waals surface area contributed by atoms with Crippen molar-refractivity contribution in [3.8, 4) is 16.8 Å². The van der Waals surface area contributed by atoms with E-state index < -0.39 is 0 Å². The van der Waals surface area contributed by atoms with E-state index in [1.807, 2.05) is 12.4 Å². The summed E-state index contributed by atoms with van der Waals surface area (Å²) in [4.78, 5) is 6.75. The summed E-state index contributed by atoms with van der Waals surface area (Å²) in [7, 11) is 0. The van der Waals surface area contributed by atoms with Crippen LogP contribution in [0.1, 0.15) is 0 Å². The molecule has 0 aliphatic carbocycles. The maximum Gasteiger partial charge on any atom is 0.252 e. The molecule has 0 N–H and O–H groups in total. The molecule has 3 nitrogen and oxygen atoms in total. The lowest BCUT2D eigenvalue weighted by atomic mass is 9.33. The highest BCUT2D eigenvalue weighted by molar-refractivity contribution is 7.00. The first-order valence-electron chi connectivity index (χ1n) is 13.4. The minimum absolute atomic E-state index is 0.151. The minimum atomic E-state index is 0.151. The van der Waals surface area contributed by atoms with Crippen LogP contribution in [0, 0.1) is 0 Å². The van der Waals surface area contributed by atoms with Crippen molar-refractivity contribution >= 4 is 62.0 Å². The molecule has 4 heteroatoms. The average Bonchev–Trinajstić information content (AvgIpc) is 3.35. The van der Waals surface area contributed by atoms with Gasteiger partial charge >= 0.3 is 0 Å². The van der Waals surface area contributed by atoms with Crippen molar-refractivity contribution in [2.45, 2.75) is 0 Å². The fourth-order valence-electron chi connectivity index (χ4n) is 6.93. The van der Waals surface area contributed by atoms with Crippen molar-refractivity contribution in [2.75, 3.05) is 4.90 Å². The Balaban J connectivity index is 1.50. The van der Waals surface area contributed by atoms with Gasteiger partial charge in [0.2, 0.25) is 0 Å². The highest BCUT2D eigenvalue weighted by Crippen LogP contribution is 2.42. The van der Waals surface area contributed by atoms with Crippen LogP contribution in [0.15, 0.2) is 134 Å². The van der Waals surface area contributed by atoms with Crippen molar-refractivity contribution in [3.05, 3.63) is 134 Å². The standard InChI is InChI=1S/C35H22BN3/c1-2-9-25(10-3-1)38-31-16-7-5-13-28(31)36-29-14-8-12-27-26-11-4-6-15-30(26)39(35(27)29)33-22-24(21-32(38)34(33)36)23-17-19-37-20-18-23/h1-22H. The molecule has 0 radical (unpaired) electrons. The van der Waals surface area contributed by atoms with Gasteiger partial charge in [-0.3, -0.25) is 4.98 Å². The van der Waals surface area contributed by atoms with E-state index in [0.29, 0.717) is 0 Å². The summed E-state index contributed by atoms with van der Waals surface area (Å²) in [5, 5.41) is 2.61. The molecule has 0 spiro atoms. The first-order chi connectivity index (χ1) is 19.4. The number of fused-ring (bicyclic) bond motifs is 7. The van der Waals surface area contributed by atoms with Gasteiger partial charge in [-0.15, -0.1) is 0 Å². The fraction of sp³-hybridized carbons (Fsp3) is 0. The monoisotopic (exact) mass is 495 g/mol. The summed E-state index contributed by atoms with van der Waals surface area (Å²) >= 11 is 0. The van der Waals surface area contributed by atoms with Gasteiger partial charge in [-0.05, 0) is 76.0 Å². The number of hydrogen-bond donors (Lipinski definition) is 0. The molecule has 0 saturated heterocycles. The van der Waals surface area contributed by atoms with Crippen molar-refractivity contribution < 1.29 is 0 Å². The highest BCUT2D eigenvalue weighted by Gasteiger charge is 2.42. The molecule has 0 bridgehead atoms. The Hall–Kier alpha value is -5.09. The Bertz CT molecular complexity index is 2080. The smallest absolute Gasteiger partial charge is 0.252 e. The lowest BCUT2D eigenvalue weighted by molar-refractivity contribution is 1.18. The molecule has 180 valence electrons. The molecule has 7 aromatic rings. The number of rotatable bonds is 2. The van der Waals surface area contributed by atoms with Crippen LogP contribution in [-0.2, 0) is 0 Å². The summed E-state index contributed by atoms with van der Waals surface area (Å²) in [6.07, 6.45) is 3.76. The molecule has 0 fully saturated rings. The number of nitrogens with zero attached hydrogens (tertiary/aromatic N) is 3. The Kier molecular flexibility index (Phi) is 4.14. The normalized spacial score (nSPS) is 13.0. The average molecular weight is 495 g/mol. The molecule has 2 aliphatic heterocycles. The van der Waals surface area contributed by atoms with Gasteiger partial charge in [-0.25, -0.2) is 0 Å². The van der Waals surface area contributed by atoms with E-state index in [9.17, 15) is 0 Å². The van der Waals surface area contributed by atoms with Gasteiger partial charge in [0.15, 0.2) is 0 Å². The summed E-state index contributed by atoms with van der Waals surface area (Å²) in [6, 6.07) is 44.3. The Morgan fingerprint density at radius 2 is 1.26 bits per heavy atom. The molecule has 0 saturated carbocycles. The maximum absolute atomic E-state index is 4.29. The Morgan fingerprint density at radius 3 is 2.15 bits per heavy atom. The van der Waals surface area contributed by atoms with E-state index in [-0.39, 0.29) is 6.71 Å². The minimum Gasteiger partial charge on any atom is -0.311 e. The van der Waals surface area contributed by atoms with E-state index in [1.54, 1.807) is 0 Å². The zero-order chi connectivity index (χ0) is 25.5. The second-order valence-corrected chi connectivity index (χ2v) is 10.4. The summed E-state index contributed by atoms with van der Waals surface area (Å²) in [5.74, 6) is 0. The third-order valence-corrected chi connectivity index (χ3v) is 8.46. The molecule has 9 rings (SSSR count). The first-order valence-corrected chi connectivity index (χ1v) is 13.4. The third kappa shape index (κ3) is 2.75. The number of aromatic nitrogens is 2. The van der Waals surface area contributed by atoms with Crippen LogP contribution < -0.4 is 21.3 Å². The quantitative estimate of drug-likeness (QED) is 0.257. The van der Waals surface area contributed by atoms with Gasteiger partial charge in [0.25, 0.3) is 6.71 Å². The molecular weight excluding hydrogens is 473 g/mol. The molecule has 2 aliphatic rings.